The van der Waals surface area contributed by atoms with E-state index < -0.39 is 5.97 Å². The Morgan fingerprint density at radius 1 is 1.15 bits per heavy atom. The second-order valence-electron chi connectivity index (χ2n) is 4.30. The van der Waals surface area contributed by atoms with E-state index in [1.54, 1.807) is 0 Å². The summed E-state index contributed by atoms with van der Waals surface area (Å²) in [6.45, 7) is 1.86. The number of methoxy groups -OCH3 is 1. The van der Waals surface area contributed by atoms with Gasteiger partial charge in [-0.15, -0.1) is 11.3 Å². The minimum Gasteiger partial charge on any atom is -0.464 e. The van der Waals surface area contributed by atoms with Crippen molar-refractivity contribution < 1.29 is 9.53 Å². The number of hydrogen-bond acceptors (Lipinski definition) is 5. The van der Waals surface area contributed by atoms with E-state index in [0.29, 0.717) is 5.69 Å². The van der Waals surface area contributed by atoms with E-state index in [9.17, 15) is 4.79 Å². The van der Waals surface area contributed by atoms with Gasteiger partial charge in [-0.05, 0) is 19.1 Å². The number of esters is 1. The highest BCUT2D eigenvalue weighted by Crippen LogP contribution is 2.28. The summed E-state index contributed by atoms with van der Waals surface area (Å²) in [6, 6.07) is 11.8. The molecule has 3 aromatic rings. The molecule has 2 heterocycles. The standard InChI is InChI=1S/C15H12N2O2S/c1-9-13(15(18)19-2)17-14(20-9)12-8-7-10-5-3-4-6-11(10)16-12/h3-8H,1-2H3. The first-order valence-corrected chi connectivity index (χ1v) is 6.92. The lowest BCUT2D eigenvalue weighted by atomic mass is 10.2. The Kier molecular flexibility index (Phi) is 3.20. The van der Waals surface area contributed by atoms with Crippen LogP contribution >= 0.6 is 11.3 Å². The quantitative estimate of drug-likeness (QED) is 0.676. The third-order valence-corrected chi connectivity index (χ3v) is 3.99. The van der Waals surface area contributed by atoms with E-state index in [1.807, 2.05) is 43.3 Å². The number of rotatable bonds is 2. The summed E-state index contributed by atoms with van der Waals surface area (Å²) < 4.78 is 4.72. The van der Waals surface area contributed by atoms with Crippen LogP contribution in [0.4, 0.5) is 0 Å². The molecule has 5 heteroatoms. The summed E-state index contributed by atoms with van der Waals surface area (Å²) in [5.41, 5.74) is 2.05. The van der Waals surface area contributed by atoms with Gasteiger partial charge in [0.25, 0.3) is 0 Å². The molecule has 4 nitrogen and oxygen atoms in total. The Balaban J connectivity index is 2.09. The lowest BCUT2D eigenvalue weighted by molar-refractivity contribution is 0.0594. The summed E-state index contributed by atoms with van der Waals surface area (Å²) in [7, 11) is 1.36. The van der Waals surface area contributed by atoms with Crippen molar-refractivity contribution in [2.75, 3.05) is 7.11 Å². The predicted octanol–water partition coefficient (Wildman–Crippen LogP) is 3.45. The number of carbonyl (C=O) groups excluding carboxylic acids is 1. The molecular weight excluding hydrogens is 272 g/mol. The highest BCUT2D eigenvalue weighted by Gasteiger charge is 2.17. The average molecular weight is 284 g/mol. The molecule has 0 amide bonds. The number of para-hydroxylation sites is 1. The molecule has 0 fully saturated rings. The fraction of sp³-hybridized carbons (Fsp3) is 0.133. The Hall–Kier alpha value is -2.27. The maximum Gasteiger partial charge on any atom is 0.357 e. The molecule has 0 aliphatic rings. The number of pyridine rings is 1. The Bertz CT molecular complexity index is 795. The van der Waals surface area contributed by atoms with Crippen molar-refractivity contribution in [3.05, 3.63) is 47.0 Å². The normalized spacial score (nSPS) is 10.7. The predicted molar refractivity (Wildman–Crippen MR) is 78.9 cm³/mol. The molecule has 0 N–H and O–H groups in total. The Labute approximate surface area is 120 Å². The second kappa shape index (κ2) is 5.02. The van der Waals surface area contributed by atoms with Gasteiger partial charge >= 0.3 is 5.97 Å². The van der Waals surface area contributed by atoms with Gasteiger partial charge in [0.2, 0.25) is 0 Å². The molecule has 0 unspecified atom stereocenters. The maximum atomic E-state index is 11.6. The van der Waals surface area contributed by atoms with E-state index in [4.69, 9.17) is 4.74 Å². The van der Waals surface area contributed by atoms with Gasteiger partial charge in [0.05, 0.1) is 18.3 Å². The molecule has 0 saturated carbocycles. The van der Waals surface area contributed by atoms with Crippen molar-refractivity contribution in [1.29, 1.82) is 0 Å². The van der Waals surface area contributed by atoms with Gasteiger partial charge < -0.3 is 4.74 Å². The minimum absolute atomic E-state index is 0.363. The molecule has 0 bridgehead atoms. The van der Waals surface area contributed by atoms with Crippen molar-refractivity contribution in [1.82, 2.24) is 9.97 Å². The summed E-state index contributed by atoms with van der Waals surface area (Å²) in [5, 5.41) is 1.81. The zero-order valence-corrected chi connectivity index (χ0v) is 11.9. The number of carbonyl (C=O) groups is 1. The summed E-state index contributed by atoms with van der Waals surface area (Å²) in [5.74, 6) is -0.411. The van der Waals surface area contributed by atoms with Crippen molar-refractivity contribution >= 4 is 28.2 Å². The highest BCUT2D eigenvalue weighted by molar-refractivity contribution is 7.15. The number of benzene rings is 1. The van der Waals surface area contributed by atoms with Gasteiger partial charge in [-0.3, -0.25) is 0 Å². The molecule has 0 aliphatic heterocycles. The third-order valence-electron chi connectivity index (χ3n) is 2.99. The fourth-order valence-corrected chi connectivity index (χ4v) is 2.85. The number of nitrogens with zero attached hydrogens (tertiary/aromatic N) is 2. The van der Waals surface area contributed by atoms with Crippen molar-refractivity contribution in [3.63, 3.8) is 0 Å². The molecule has 0 radical (unpaired) electrons. The van der Waals surface area contributed by atoms with Gasteiger partial charge in [0, 0.05) is 10.3 Å². The average Bonchev–Trinajstić information content (AvgIpc) is 2.88. The number of ether oxygens (including phenoxy) is 1. The third kappa shape index (κ3) is 2.16. The number of hydrogen-bond donors (Lipinski definition) is 0. The second-order valence-corrected chi connectivity index (χ2v) is 5.51. The SMILES string of the molecule is COC(=O)c1nc(-c2ccc3ccccc3n2)sc1C. The first-order chi connectivity index (χ1) is 9.69. The highest BCUT2D eigenvalue weighted by atomic mass is 32.1. The zero-order chi connectivity index (χ0) is 14.1. The van der Waals surface area contributed by atoms with E-state index in [0.717, 1.165) is 26.5 Å². The number of aryl methyl sites for hydroxylation is 1. The van der Waals surface area contributed by atoms with Gasteiger partial charge in [0.1, 0.15) is 5.01 Å². The molecular formula is C15H12N2O2S. The first-order valence-electron chi connectivity index (χ1n) is 6.11. The zero-order valence-electron chi connectivity index (χ0n) is 11.1. The van der Waals surface area contributed by atoms with E-state index >= 15 is 0 Å². The van der Waals surface area contributed by atoms with Gasteiger partial charge in [-0.25, -0.2) is 14.8 Å². The Morgan fingerprint density at radius 2 is 1.95 bits per heavy atom. The first kappa shape index (κ1) is 12.7. The van der Waals surface area contributed by atoms with E-state index in [-0.39, 0.29) is 0 Å². The molecule has 0 atom stereocenters. The van der Waals surface area contributed by atoms with Crippen LogP contribution in [0.2, 0.25) is 0 Å². The fourth-order valence-electron chi connectivity index (χ4n) is 1.98. The van der Waals surface area contributed by atoms with Crippen LogP contribution in [0.1, 0.15) is 15.4 Å². The number of fused-ring (bicyclic) bond motifs is 1. The lowest BCUT2D eigenvalue weighted by Gasteiger charge is -1.99. The molecule has 100 valence electrons. The van der Waals surface area contributed by atoms with E-state index in [2.05, 4.69) is 9.97 Å². The molecule has 1 aromatic carbocycles. The number of thiazole rings is 1. The van der Waals surface area contributed by atoms with Gasteiger partial charge in [-0.1, -0.05) is 24.3 Å². The summed E-state index contributed by atoms with van der Waals surface area (Å²) in [4.78, 5) is 21.3. The van der Waals surface area contributed by atoms with Crippen molar-refractivity contribution in [2.45, 2.75) is 6.92 Å². The largest absolute Gasteiger partial charge is 0.464 e. The monoisotopic (exact) mass is 284 g/mol. The molecule has 0 spiro atoms. The topological polar surface area (TPSA) is 52.1 Å². The number of aromatic nitrogens is 2. The smallest absolute Gasteiger partial charge is 0.357 e. The van der Waals surface area contributed by atoms with Crippen LogP contribution in [0, 0.1) is 6.92 Å². The van der Waals surface area contributed by atoms with Crippen LogP contribution in [0.3, 0.4) is 0 Å². The molecule has 0 aliphatic carbocycles. The molecule has 0 saturated heterocycles. The van der Waals surface area contributed by atoms with Crippen LogP contribution in [-0.4, -0.2) is 23.0 Å². The molecule has 20 heavy (non-hydrogen) atoms. The van der Waals surface area contributed by atoms with Crippen LogP contribution in [0.25, 0.3) is 21.6 Å². The summed E-state index contributed by atoms with van der Waals surface area (Å²) in [6.07, 6.45) is 0. The van der Waals surface area contributed by atoms with Crippen molar-refractivity contribution in [2.24, 2.45) is 0 Å². The lowest BCUT2D eigenvalue weighted by Crippen LogP contribution is -2.03. The van der Waals surface area contributed by atoms with Gasteiger partial charge in [-0.2, -0.15) is 0 Å². The Morgan fingerprint density at radius 3 is 2.75 bits per heavy atom. The van der Waals surface area contributed by atoms with Crippen molar-refractivity contribution in [3.8, 4) is 10.7 Å². The van der Waals surface area contributed by atoms with Crippen LogP contribution in [-0.2, 0) is 4.74 Å². The maximum absolute atomic E-state index is 11.6. The van der Waals surface area contributed by atoms with Crippen LogP contribution in [0.15, 0.2) is 36.4 Å². The minimum atomic E-state index is -0.411. The van der Waals surface area contributed by atoms with Crippen LogP contribution in [0.5, 0.6) is 0 Å². The molecule has 3 rings (SSSR count). The van der Waals surface area contributed by atoms with Crippen LogP contribution < -0.4 is 0 Å². The summed E-state index contributed by atoms with van der Waals surface area (Å²) >= 11 is 1.45. The van der Waals surface area contributed by atoms with E-state index in [1.165, 1.54) is 18.4 Å². The van der Waals surface area contributed by atoms with Gasteiger partial charge in [0.15, 0.2) is 5.69 Å². The molecule has 2 aromatic heterocycles.